The van der Waals surface area contributed by atoms with Crippen molar-refractivity contribution in [2.45, 2.75) is 136 Å². The summed E-state index contributed by atoms with van der Waals surface area (Å²) < 4.78 is 5.93. The molecule has 3 saturated carbocycles. The highest BCUT2D eigenvalue weighted by Crippen LogP contribution is 2.53. The fraction of sp³-hybridized carbons (Fsp3) is 0.963. The molecule has 29 heavy (non-hydrogen) atoms. The zero-order valence-corrected chi connectivity index (χ0v) is 19.5. The van der Waals surface area contributed by atoms with Crippen molar-refractivity contribution in [3.05, 3.63) is 0 Å². The molecule has 0 aliphatic heterocycles. The Bertz CT molecular complexity index is 473. The Morgan fingerprint density at radius 2 is 1.38 bits per heavy atom. The quantitative estimate of drug-likeness (QED) is 0.257. The number of carbonyl (C=O) groups is 1. The van der Waals surface area contributed by atoms with Crippen LogP contribution in [0.4, 0.5) is 0 Å². The molecule has 3 fully saturated rings. The lowest BCUT2D eigenvalue weighted by molar-refractivity contribution is -0.153. The molecule has 0 heterocycles. The first-order valence-electron chi connectivity index (χ1n) is 13.4. The molecule has 6 atom stereocenters. The van der Waals surface area contributed by atoms with Crippen LogP contribution in [0.2, 0.25) is 0 Å². The van der Waals surface area contributed by atoms with E-state index in [0.717, 1.165) is 48.9 Å². The van der Waals surface area contributed by atoms with Gasteiger partial charge in [-0.25, -0.2) is 0 Å². The molecule has 3 aliphatic rings. The molecule has 2 heteroatoms. The summed E-state index contributed by atoms with van der Waals surface area (Å²) in [5.41, 5.74) is 0. The second-order valence-corrected chi connectivity index (χ2v) is 10.7. The zero-order chi connectivity index (χ0) is 20.5. The van der Waals surface area contributed by atoms with Gasteiger partial charge in [0, 0.05) is 6.42 Å². The Kier molecular flexibility index (Phi) is 9.86. The molecule has 0 aromatic heterocycles. The van der Waals surface area contributed by atoms with Crippen molar-refractivity contribution in [1.29, 1.82) is 0 Å². The van der Waals surface area contributed by atoms with E-state index in [9.17, 15) is 4.79 Å². The predicted molar refractivity (Wildman–Crippen MR) is 122 cm³/mol. The highest BCUT2D eigenvalue weighted by molar-refractivity contribution is 5.69. The number of hydrogen-bond donors (Lipinski definition) is 0. The fourth-order valence-electron chi connectivity index (χ4n) is 7.10. The van der Waals surface area contributed by atoms with Gasteiger partial charge in [-0.05, 0) is 81.0 Å². The van der Waals surface area contributed by atoms with Crippen LogP contribution in [0, 0.1) is 29.6 Å². The van der Waals surface area contributed by atoms with E-state index in [1.54, 1.807) is 0 Å². The minimum atomic E-state index is 0.0794. The molecule has 3 aliphatic carbocycles. The lowest BCUT2D eigenvalue weighted by atomic mass is 9.56. The molecule has 2 nitrogen and oxygen atoms in total. The Labute approximate surface area is 180 Å². The first-order chi connectivity index (χ1) is 14.2. The van der Waals surface area contributed by atoms with Crippen molar-refractivity contribution in [1.82, 2.24) is 0 Å². The predicted octanol–water partition coefficient (Wildman–Crippen LogP) is 8.08. The van der Waals surface area contributed by atoms with Gasteiger partial charge in [0.25, 0.3) is 0 Å². The summed E-state index contributed by atoms with van der Waals surface area (Å²) >= 11 is 0. The standard InChI is InChI=1S/C27H48O2/c1-3-5-6-7-8-9-10-12-27(28)29-24-16-18-26-23(20-24)15-14-22-19-21(11-4-2)13-17-25(22)26/h21-26H,3-20H2,1-2H3/t21-,22?,23?,24-,25?,26?/m1/s1. The van der Waals surface area contributed by atoms with Crippen molar-refractivity contribution in [3.63, 3.8) is 0 Å². The normalized spacial score (nSPS) is 34.3. The molecule has 168 valence electrons. The molecule has 0 amide bonds. The van der Waals surface area contributed by atoms with Gasteiger partial charge in [-0.2, -0.15) is 0 Å². The third kappa shape index (κ3) is 7.00. The van der Waals surface area contributed by atoms with Crippen molar-refractivity contribution in [2.75, 3.05) is 0 Å². The van der Waals surface area contributed by atoms with E-state index in [-0.39, 0.29) is 12.1 Å². The van der Waals surface area contributed by atoms with Crippen LogP contribution in [-0.2, 0) is 9.53 Å². The maximum absolute atomic E-state index is 12.3. The van der Waals surface area contributed by atoms with E-state index in [1.165, 1.54) is 89.9 Å². The van der Waals surface area contributed by atoms with E-state index in [1.807, 2.05) is 0 Å². The third-order valence-electron chi connectivity index (χ3n) is 8.58. The van der Waals surface area contributed by atoms with E-state index in [4.69, 9.17) is 4.74 Å². The van der Waals surface area contributed by atoms with Crippen LogP contribution in [0.15, 0.2) is 0 Å². The molecule has 0 bridgehead atoms. The minimum absolute atomic E-state index is 0.0794. The van der Waals surface area contributed by atoms with E-state index in [2.05, 4.69) is 13.8 Å². The highest BCUT2D eigenvalue weighted by Gasteiger charge is 2.44. The van der Waals surface area contributed by atoms with Gasteiger partial charge in [0.15, 0.2) is 0 Å². The number of fused-ring (bicyclic) bond motifs is 3. The van der Waals surface area contributed by atoms with Gasteiger partial charge in [-0.15, -0.1) is 0 Å². The van der Waals surface area contributed by atoms with E-state index >= 15 is 0 Å². The SMILES string of the molecule is CCCCCCCCCC(=O)O[C@@H]1CCC2C(CCC3C[C@H](CCC)CCC32)C1. The van der Waals surface area contributed by atoms with Gasteiger partial charge in [0.2, 0.25) is 0 Å². The lowest BCUT2D eigenvalue weighted by Crippen LogP contribution is -2.43. The summed E-state index contributed by atoms with van der Waals surface area (Å²) in [6, 6.07) is 0. The van der Waals surface area contributed by atoms with Crippen molar-refractivity contribution in [3.8, 4) is 0 Å². The Morgan fingerprint density at radius 3 is 2.10 bits per heavy atom. The van der Waals surface area contributed by atoms with Gasteiger partial charge < -0.3 is 4.74 Å². The van der Waals surface area contributed by atoms with Gasteiger partial charge in [-0.1, -0.05) is 71.6 Å². The molecule has 0 spiro atoms. The first-order valence-corrected chi connectivity index (χ1v) is 13.4. The van der Waals surface area contributed by atoms with Crippen LogP contribution >= 0.6 is 0 Å². The molecule has 0 radical (unpaired) electrons. The highest BCUT2D eigenvalue weighted by atomic mass is 16.5. The maximum Gasteiger partial charge on any atom is 0.306 e. The largest absolute Gasteiger partial charge is 0.462 e. The monoisotopic (exact) mass is 404 g/mol. The Balaban J connectivity index is 1.33. The van der Waals surface area contributed by atoms with Crippen molar-refractivity contribution >= 4 is 5.97 Å². The molecule has 0 aromatic rings. The maximum atomic E-state index is 12.3. The summed E-state index contributed by atoms with van der Waals surface area (Å²) in [6.45, 7) is 4.60. The van der Waals surface area contributed by atoms with Gasteiger partial charge >= 0.3 is 5.97 Å². The molecular formula is C27H48O2. The molecule has 4 unspecified atom stereocenters. The summed E-state index contributed by atoms with van der Waals surface area (Å²) in [4.78, 5) is 12.3. The minimum Gasteiger partial charge on any atom is -0.462 e. The summed E-state index contributed by atoms with van der Waals surface area (Å²) in [5, 5.41) is 0. The van der Waals surface area contributed by atoms with E-state index < -0.39 is 0 Å². The van der Waals surface area contributed by atoms with Crippen LogP contribution < -0.4 is 0 Å². The lowest BCUT2D eigenvalue weighted by Gasteiger charge is -2.50. The molecule has 3 rings (SSSR count). The molecule has 0 aromatic carbocycles. The van der Waals surface area contributed by atoms with Gasteiger partial charge in [0.1, 0.15) is 6.10 Å². The Hall–Kier alpha value is -0.530. The second-order valence-electron chi connectivity index (χ2n) is 10.7. The average Bonchev–Trinajstić information content (AvgIpc) is 2.73. The number of unbranched alkanes of at least 4 members (excludes halogenated alkanes) is 6. The smallest absolute Gasteiger partial charge is 0.306 e. The molecule has 0 saturated heterocycles. The van der Waals surface area contributed by atoms with Crippen LogP contribution in [-0.4, -0.2) is 12.1 Å². The van der Waals surface area contributed by atoms with Crippen molar-refractivity contribution in [2.24, 2.45) is 29.6 Å². The summed E-state index contributed by atoms with van der Waals surface area (Å²) in [7, 11) is 0. The van der Waals surface area contributed by atoms with Crippen LogP contribution in [0.1, 0.15) is 129 Å². The summed E-state index contributed by atoms with van der Waals surface area (Å²) in [5.74, 6) is 4.88. The summed E-state index contributed by atoms with van der Waals surface area (Å²) in [6.07, 6.45) is 23.4. The van der Waals surface area contributed by atoms with Gasteiger partial charge in [-0.3, -0.25) is 4.79 Å². The molecular weight excluding hydrogens is 356 g/mol. The number of carbonyl (C=O) groups excluding carboxylic acids is 1. The second kappa shape index (κ2) is 12.4. The topological polar surface area (TPSA) is 26.3 Å². The fourth-order valence-corrected chi connectivity index (χ4v) is 7.10. The number of rotatable bonds is 11. The van der Waals surface area contributed by atoms with Crippen LogP contribution in [0.25, 0.3) is 0 Å². The third-order valence-corrected chi connectivity index (χ3v) is 8.58. The van der Waals surface area contributed by atoms with Gasteiger partial charge in [0.05, 0.1) is 0 Å². The van der Waals surface area contributed by atoms with Crippen LogP contribution in [0.3, 0.4) is 0 Å². The van der Waals surface area contributed by atoms with Crippen LogP contribution in [0.5, 0.6) is 0 Å². The molecule has 0 N–H and O–H groups in total. The number of ether oxygens (including phenoxy) is 1. The van der Waals surface area contributed by atoms with Crippen molar-refractivity contribution < 1.29 is 9.53 Å². The first kappa shape index (κ1) is 23.1. The van der Waals surface area contributed by atoms with E-state index in [0.29, 0.717) is 6.42 Å². The average molecular weight is 405 g/mol. The Morgan fingerprint density at radius 1 is 0.724 bits per heavy atom. The zero-order valence-electron chi connectivity index (χ0n) is 19.5. The number of esters is 1. The number of hydrogen-bond acceptors (Lipinski definition) is 2.